The lowest BCUT2D eigenvalue weighted by molar-refractivity contribution is -0.130. The van der Waals surface area contributed by atoms with Crippen LogP contribution in [0.15, 0.2) is 54.6 Å². The molecular weight excluding hydrogens is 372 g/mol. The molecule has 154 valence electrons. The van der Waals surface area contributed by atoms with Gasteiger partial charge in [-0.1, -0.05) is 24.3 Å². The Kier molecular flexibility index (Phi) is 7.08. The highest BCUT2D eigenvalue weighted by molar-refractivity contribution is 5.96. The second kappa shape index (κ2) is 9.93. The number of aliphatic hydroxyl groups excluding tert-OH is 1. The lowest BCUT2D eigenvalue weighted by atomic mass is 10.1. The zero-order valence-corrected chi connectivity index (χ0v) is 16.4. The first-order chi connectivity index (χ1) is 14.1. The highest BCUT2D eigenvalue weighted by atomic mass is 16.5. The number of likely N-dealkylation sites (tertiary alicyclic amines) is 1. The standard InChI is InChI=1S/C22H26N2O5/c1-28-17-8-5-9-18(14-17)29-20-11-13-24(12-10-19(20)25)21(26)15-23-22(27)16-6-3-2-4-7-16/h2-9,14,19-20,25H,10-13,15H2,1H3,(H,23,27)/t19-,20-/m0/s1. The van der Waals surface area contributed by atoms with Crippen molar-refractivity contribution in [3.63, 3.8) is 0 Å². The van der Waals surface area contributed by atoms with Crippen LogP contribution in [0.5, 0.6) is 11.5 Å². The highest BCUT2D eigenvalue weighted by Gasteiger charge is 2.28. The van der Waals surface area contributed by atoms with Gasteiger partial charge < -0.3 is 24.8 Å². The Morgan fingerprint density at radius 1 is 1.07 bits per heavy atom. The molecule has 7 heteroatoms. The lowest BCUT2D eigenvalue weighted by Gasteiger charge is -2.22. The molecule has 1 aliphatic heterocycles. The summed E-state index contributed by atoms with van der Waals surface area (Å²) in [5.41, 5.74) is 0.512. The molecule has 2 amide bonds. The molecular formula is C22H26N2O5. The molecule has 2 aromatic carbocycles. The van der Waals surface area contributed by atoms with E-state index in [4.69, 9.17) is 9.47 Å². The van der Waals surface area contributed by atoms with Crippen molar-refractivity contribution in [3.05, 3.63) is 60.2 Å². The van der Waals surface area contributed by atoms with Gasteiger partial charge in [0, 0.05) is 31.1 Å². The van der Waals surface area contributed by atoms with E-state index in [0.717, 1.165) is 0 Å². The number of amides is 2. The maximum atomic E-state index is 12.5. The van der Waals surface area contributed by atoms with E-state index in [0.29, 0.717) is 43.0 Å². The van der Waals surface area contributed by atoms with Gasteiger partial charge in [0.05, 0.1) is 19.8 Å². The zero-order chi connectivity index (χ0) is 20.6. The molecule has 2 atom stereocenters. The average molecular weight is 398 g/mol. The summed E-state index contributed by atoms with van der Waals surface area (Å²) in [4.78, 5) is 26.3. The fourth-order valence-corrected chi connectivity index (χ4v) is 3.26. The molecule has 0 saturated carbocycles. The second-order valence-corrected chi connectivity index (χ2v) is 6.91. The number of carbonyl (C=O) groups is 2. The fraction of sp³-hybridized carbons (Fsp3) is 0.364. The summed E-state index contributed by atoms with van der Waals surface area (Å²) >= 11 is 0. The fourth-order valence-electron chi connectivity index (χ4n) is 3.26. The molecule has 3 rings (SSSR count). The van der Waals surface area contributed by atoms with E-state index in [9.17, 15) is 14.7 Å². The van der Waals surface area contributed by atoms with E-state index in [-0.39, 0.29) is 18.4 Å². The summed E-state index contributed by atoms with van der Waals surface area (Å²) < 4.78 is 11.1. The molecule has 2 aromatic rings. The predicted octanol–water partition coefficient (Wildman–Crippen LogP) is 1.86. The van der Waals surface area contributed by atoms with Crippen molar-refractivity contribution < 1.29 is 24.2 Å². The first-order valence-electron chi connectivity index (χ1n) is 9.66. The summed E-state index contributed by atoms with van der Waals surface area (Å²) in [5, 5.41) is 13.1. The van der Waals surface area contributed by atoms with Crippen LogP contribution >= 0.6 is 0 Å². The smallest absolute Gasteiger partial charge is 0.251 e. The molecule has 0 radical (unpaired) electrons. The number of ether oxygens (including phenoxy) is 2. The van der Waals surface area contributed by atoms with Crippen molar-refractivity contribution in [3.8, 4) is 11.5 Å². The first kappa shape index (κ1) is 20.7. The Morgan fingerprint density at radius 3 is 2.55 bits per heavy atom. The third-order valence-corrected chi connectivity index (χ3v) is 4.92. The van der Waals surface area contributed by atoms with Crippen molar-refractivity contribution in [2.24, 2.45) is 0 Å². The van der Waals surface area contributed by atoms with Crippen LogP contribution in [0, 0.1) is 0 Å². The quantitative estimate of drug-likeness (QED) is 0.776. The number of hydrogen-bond acceptors (Lipinski definition) is 5. The number of methoxy groups -OCH3 is 1. The van der Waals surface area contributed by atoms with Crippen LogP contribution in [0.1, 0.15) is 23.2 Å². The van der Waals surface area contributed by atoms with Crippen LogP contribution < -0.4 is 14.8 Å². The van der Waals surface area contributed by atoms with Gasteiger partial charge in [0.25, 0.3) is 5.91 Å². The van der Waals surface area contributed by atoms with Crippen LogP contribution in [0.2, 0.25) is 0 Å². The Morgan fingerprint density at radius 2 is 1.79 bits per heavy atom. The van der Waals surface area contributed by atoms with Crippen molar-refractivity contribution in [1.82, 2.24) is 10.2 Å². The second-order valence-electron chi connectivity index (χ2n) is 6.91. The number of rotatable bonds is 6. The maximum absolute atomic E-state index is 12.5. The molecule has 7 nitrogen and oxygen atoms in total. The number of nitrogens with one attached hydrogen (secondary N) is 1. The van der Waals surface area contributed by atoms with Crippen LogP contribution in [-0.2, 0) is 4.79 Å². The SMILES string of the molecule is COc1cccc(O[C@H]2CCN(C(=O)CNC(=O)c3ccccc3)CC[C@@H]2O)c1. The molecule has 1 saturated heterocycles. The van der Waals surface area contributed by atoms with Gasteiger partial charge in [-0.3, -0.25) is 9.59 Å². The first-order valence-corrected chi connectivity index (χ1v) is 9.66. The monoisotopic (exact) mass is 398 g/mol. The summed E-state index contributed by atoms with van der Waals surface area (Å²) in [7, 11) is 1.58. The van der Waals surface area contributed by atoms with Crippen molar-refractivity contribution in [2.75, 3.05) is 26.7 Å². The average Bonchev–Trinajstić information content (AvgIpc) is 2.94. The minimum atomic E-state index is -0.682. The van der Waals surface area contributed by atoms with E-state index >= 15 is 0 Å². The van der Waals surface area contributed by atoms with Crippen molar-refractivity contribution >= 4 is 11.8 Å². The number of benzene rings is 2. The van der Waals surface area contributed by atoms with Gasteiger partial charge in [-0.05, 0) is 30.7 Å². The predicted molar refractivity (Wildman–Crippen MR) is 108 cm³/mol. The Labute approximate surface area is 170 Å². The van der Waals surface area contributed by atoms with E-state index in [1.807, 2.05) is 24.3 Å². The Balaban J connectivity index is 1.52. The van der Waals surface area contributed by atoms with E-state index in [1.165, 1.54) is 0 Å². The van der Waals surface area contributed by atoms with Crippen LogP contribution in [0.4, 0.5) is 0 Å². The van der Waals surface area contributed by atoms with Crippen molar-refractivity contribution in [1.29, 1.82) is 0 Å². The Hall–Kier alpha value is -3.06. The largest absolute Gasteiger partial charge is 0.497 e. The van der Waals surface area contributed by atoms with E-state index in [1.54, 1.807) is 42.3 Å². The van der Waals surface area contributed by atoms with Gasteiger partial charge in [-0.2, -0.15) is 0 Å². The van der Waals surface area contributed by atoms with Gasteiger partial charge in [-0.25, -0.2) is 0 Å². The summed E-state index contributed by atoms with van der Waals surface area (Å²) in [6, 6.07) is 16.0. The summed E-state index contributed by atoms with van der Waals surface area (Å²) in [5.74, 6) is 0.830. The minimum absolute atomic E-state index is 0.0781. The molecule has 0 aliphatic carbocycles. The van der Waals surface area contributed by atoms with Gasteiger partial charge in [0.1, 0.15) is 17.6 Å². The van der Waals surface area contributed by atoms with Crippen LogP contribution in [0.3, 0.4) is 0 Å². The van der Waals surface area contributed by atoms with Crippen molar-refractivity contribution in [2.45, 2.75) is 25.0 Å². The molecule has 0 bridgehead atoms. The maximum Gasteiger partial charge on any atom is 0.251 e. The molecule has 0 aromatic heterocycles. The third-order valence-electron chi connectivity index (χ3n) is 4.92. The van der Waals surface area contributed by atoms with Gasteiger partial charge in [0.2, 0.25) is 5.91 Å². The summed E-state index contributed by atoms with van der Waals surface area (Å²) in [6.07, 6.45) is -0.194. The highest BCUT2D eigenvalue weighted by Crippen LogP contribution is 2.23. The van der Waals surface area contributed by atoms with Gasteiger partial charge in [0.15, 0.2) is 0 Å². The molecule has 1 fully saturated rings. The zero-order valence-electron chi connectivity index (χ0n) is 16.4. The molecule has 0 unspecified atom stereocenters. The van der Waals surface area contributed by atoms with E-state index in [2.05, 4.69) is 5.32 Å². The topological polar surface area (TPSA) is 88.1 Å². The van der Waals surface area contributed by atoms with Gasteiger partial charge >= 0.3 is 0 Å². The normalized spacial score (nSPS) is 19.2. The van der Waals surface area contributed by atoms with Crippen LogP contribution in [0.25, 0.3) is 0 Å². The lowest BCUT2D eigenvalue weighted by Crippen LogP contribution is -2.40. The molecule has 29 heavy (non-hydrogen) atoms. The van der Waals surface area contributed by atoms with Gasteiger partial charge in [-0.15, -0.1) is 0 Å². The number of hydrogen-bond donors (Lipinski definition) is 2. The molecule has 2 N–H and O–H groups in total. The molecule has 1 heterocycles. The minimum Gasteiger partial charge on any atom is -0.497 e. The number of carbonyl (C=O) groups excluding carboxylic acids is 2. The van der Waals surface area contributed by atoms with Crippen LogP contribution in [-0.4, -0.2) is 60.8 Å². The van der Waals surface area contributed by atoms with E-state index < -0.39 is 12.2 Å². The third kappa shape index (κ3) is 5.71. The molecule has 0 spiro atoms. The Bertz CT molecular complexity index is 827. The molecule has 1 aliphatic rings. The summed E-state index contributed by atoms with van der Waals surface area (Å²) in [6.45, 7) is 0.788. The number of nitrogens with zero attached hydrogens (tertiary/aromatic N) is 1. The number of aliphatic hydroxyl groups is 1.